The molecule has 1 aliphatic rings. The number of rotatable bonds is 2. The minimum Gasteiger partial charge on any atom is -0.506 e. The second-order valence-corrected chi connectivity index (χ2v) is 5.31. The standard InChI is InChI=1S/C13H15ClF3NO/c14-11-6-9(3-4-12(11)19)7-18-5-1-2-10(8-18)13(15,16)17/h3-4,6,10,19H,1-2,5,7-8H2. The van der Waals surface area contributed by atoms with E-state index in [0.29, 0.717) is 19.5 Å². The molecule has 106 valence electrons. The van der Waals surface area contributed by atoms with Crippen LogP contribution in [0.5, 0.6) is 5.75 Å². The van der Waals surface area contributed by atoms with Gasteiger partial charge in [0, 0.05) is 13.1 Å². The minimum atomic E-state index is -4.12. The van der Waals surface area contributed by atoms with Crippen molar-refractivity contribution in [2.75, 3.05) is 13.1 Å². The zero-order chi connectivity index (χ0) is 14.0. The first-order chi connectivity index (χ1) is 8.86. The van der Waals surface area contributed by atoms with Crippen molar-refractivity contribution in [1.29, 1.82) is 0 Å². The van der Waals surface area contributed by atoms with Crippen molar-refractivity contribution in [3.05, 3.63) is 28.8 Å². The van der Waals surface area contributed by atoms with Gasteiger partial charge in [0.15, 0.2) is 0 Å². The quantitative estimate of drug-likeness (QED) is 0.896. The van der Waals surface area contributed by atoms with Crippen LogP contribution in [0.4, 0.5) is 13.2 Å². The average Bonchev–Trinajstić information content (AvgIpc) is 2.33. The Kier molecular flexibility index (Phi) is 4.26. The van der Waals surface area contributed by atoms with Gasteiger partial charge in [0.05, 0.1) is 10.9 Å². The molecule has 0 spiro atoms. The fourth-order valence-corrected chi connectivity index (χ4v) is 2.58. The molecule has 0 aromatic heterocycles. The van der Waals surface area contributed by atoms with Crippen molar-refractivity contribution in [2.24, 2.45) is 5.92 Å². The van der Waals surface area contributed by atoms with Crippen LogP contribution in [-0.4, -0.2) is 29.3 Å². The van der Waals surface area contributed by atoms with E-state index < -0.39 is 12.1 Å². The van der Waals surface area contributed by atoms with Gasteiger partial charge in [-0.1, -0.05) is 17.7 Å². The molecule has 0 bridgehead atoms. The number of halogens is 4. The second-order valence-electron chi connectivity index (χ2n) is 4.90. The monoisotopic (exact) mass is 293 g/mol. The highest BCUT2D eigenvalue weighted by atomic mass is 35.5. The van der Waals surface area contributed by atoms with Crippen molar-refractivity contribution in [1.82, 2.24) is 4.90 Å². The second kappa shape index (κ2) is 5.59. The van der Waals surface area contributed by atoms with Crippen LogP contribution in [0.15, 0.2) is 18.2 Å². The van der Waals surface area contributed by atoms with Crippen LogP contribution in [0, 0.1) is 5.92 Å². The average molecular weight is 294 g/mol. The molecule has 1 saturated heterocycles. The number of phenols is 1. The lowest BCUT2D eigenvalue weighted by Gasteiger charge is -2.33. The Balaban J connectivity index is 2.00. The van der Waals surface area contributed by atoms with Gasteiger partial charge in [0.25, 0.3) is 0 Å². The Morgan fingerprint density at radius 3 is 2.74 bits per heavy atom. The Bertz CT molecular complexity index is 450. The predicted molar refractivity (Wildman–Crippen MR) is 67.2 cm³/mol. The molecule has 2 rings (SSSR count). The molecule has 1 aromatic rings. The van der Waals surface area contributed by atoms with E-state index in [1.54, 1.807) is 17.0 Å². The maximum Gasteiger partial charge on any atom is 0.393 e. The third-order valence-corrected chi connectivity index (χ3v) is 3.69. The van der Waals surface area contributed by atoms with Gasteiger partial charge >= 0.3 is 6.18 Å². The summed E-state index contributed by atoms with van der Waals surface area (Å²) in [6.45, 7) is 1.11. The number of hydrogen-bond acceptors (Lipinski definition) is 2. The topological polar surface area (TPSA) is 23.5 Å². The Morgan fingerprint density at radius 2 is 2.11 bits per heavy atom. The zero-order valence-electron chi connectivity index (χ0n) is 10.3. The lowest BCUT2D eigenvalue weighted by atomic mass is 9.97. The van der Waals surface area contributed by atoms with Gasteiger partial charge in [0.1, 0.15) is 5.75 Å². The highest BCUT2D eigenvalue weighted by Gasteiger charge is 2.41. The summed E-state index contributed by atoms with van der Waals surface area (Å²) in [5.74, 6) is -1.26. The third kappa shape index (κ3) is 3.76. The van der Waals surface area contributed by atoms with Gasteiger partial charge in [-0.05, 0) is 37.1 Å². The van der Waals surface area contributed by atoms with Crippen molar-refractivity contribution >= 4 is 11.6 Å². The molecule has 0 saturated carbocycles. The van der Waals surface area contributed by atoms with Gasteiger partial charge in [-0.3, -0.25) is 4.90 Å². The van der Waals surface area contributed by atoms with Crippen molar-refractivity contribution < 1.29 is 18.3 Å². The Morgan fingerprint density at radius 1 is 1.37 bits per heavy atom. The largest absolute Gasteiger partial charge is 0.506 e. The molecule has 1 atom stereocenters. The van der Waals surface area contributed by atoms with E-state index in [1.165, 1.54) is 6.07 Å². The van der Waals surface area contributed by atoms with Gasteiger partial charge in [-0.2, -0.15) is 13.2 Å². The lowest BCUT2D eigenvalue weighted by molar-refractivity contribution is -0.187. The molecule has 19 heavy (non-hydrogen) atoms. The molecule has 1 fully saturated rings. The van der Waals surface area contributed by atoms with Gasteiger partial charge < -0.3 is 5.11 Å². The van der Waals surface area contributed by atoms with Crippen molar-refractivity contribution in [3.63, 3.8) is 0 Å². The number of aromatic hydroxyl groups is 1. The first-order valence-corrected chi connectivity index (χ1v) is 6.50. The van der Waals surface area contributed by atoms with E-state index in [9.17, 15) is 18.3 Å². The van der Waals surface area contributed by atoms with Gasteiger partial charge in [0.2, 0.25) is 0 Å². The normalized spacial score (nSPS) is 21.6. The predicted octanol–water partition coefficient (Wildman–Crippen LogP) is 3.82. The lowest BCUT2D eigenvalue weighted by Crippen LogP contribution is -2.41. The van der Waals surface area contributed by atoms with Crippen LogP contribution in [0.25, 0.3) is 0 Å². The molecule has 1 aromatic carbocycles. The molecular weight excluding hydrogens is 279 g/mol. The number of hydrogen-bond donors (Lipinski definition) is 1. The SMILES string of the molecule is Oc1ccc(CN2CCCC(C(F)(F)F)C2)cc1Cl. The van der Waals surface area contributed by atoms with Crippen LogP contribution < -0.4 is 0 Å². The zero-order valence-corrected chi connectivity index (χ0v) is 11.0. The third-order valence-electron chi connectivity index (χ3n) is 3.39. The first-order valence-electron chi connectivity index (χ1n) is 6.12. The number of alkyl halides is 3. The maximum absolute atomic E-state index is 12.7. The smallest absolute Gasteiger partial charge is 0.393 e. The molecule has 0 aliphatic carbocycles. The molecule has 1 heterocycles. The van der Waals surface area contributed by atoms with Crippen molar-refractivity contribution in [3.8, 4) is 5.75 Å². The maximum atomic E-state index is 12.7. The van der Waals surface area contributed by atoms with Crippen LogP contribution in [0.2, 0.25) is 5.02 Å². The molecule has 2 nitrogen and oxygen atoms in total. The molecular formula is C13H15ClF3NO. The summed E-state index contributed by atoms with van der Waals surface area (Å²) in [7, 11) is 0. The highest BCUT2D eigenvalue weighted by molar-refractivity contribution is 6.32. The van der Waals surface area contributed by atoms with E-state index >= 15 is 0 Å². The van der Waals surface area contributed by atoms with Gasteiger partial charge in [-0.25, -0.2) is 0 Å². The Labute approximate surface area is 114 Å². The molecule has 6 heteroatoms. The molecule has 1 N–H and O–H groups in total. The van der Waals surface area contributed by atoms with Gasteiger partial charge in [-0.15, -0.1) is 0 Å². The minimum absolute atomic E-state index is 0.0165. The summed E-state index contributed by atoms with van der Waals surface area (Å²) in [4.78, 5) is 1.78. The summed E-state index contributed by atoms with van der Waals surface area (Å²) in [6, 6.07) is 4.73. The van der Waals surface area contributed by atoms with Crippen LogP contribution in [0.1, 0.15) is 18.4 Å². The van der Waals surface area contributed by atoms with Crippen molar-refractivity contribution in [2.45, 2.75) is 25.6 Å². The number of piperidine rings is 1. The van der Waals surface area contributed by atoms with E-state index in [4.69, 9.17) is 11.6 Å². The van der Waals surface area contributed by atoms with E-state index in [2.05, 4.69) is 0 Å². The molecule has 0 amide bonds. The van der Waals surface area contributed by atoms with Crippen LogP contribution in [-0.2, 0) is 6.54 Å². The summed E-state index contributed by atoms with van der Waals surface area (Å²) < 4.78 is 38.1. The fourth-order valence-electron chi connectivity index (χ4n) is 2.37. The van der Waals surface area contributed by atoms with Crippen LogP contribution >= 0.6 is 11.6 Å². The number of benzene rings is 1. The number of likely N-dealkylation sites (tertiary alicyclic amines) is 1. The summed E-state index contributed by atoms with van der Waals surface area (Å²) >= 11 is 5.78. The highest BCUT2D eigenvalue weighted by Crippen LogP contribution is 2.33. The molecule has 0 radical (unpaired) electrons. The fraction of sp³-hybridized carbons (Fsp3) is 0.538. The van der Waals surface area contributed by atoms with Crippen LogP contribution in [0.3, 0.4) is 0 Å². The van der Waals surface area contributed by atoms with E-state index in [-0.39, 0.29) is 23.7 Å². The summed E-state index contributed by atoms with van der Waals surface area (Å²) in [5, 5.41) is 9.53. The number of phenolic OH excluding ortho intramolecular Hbond substituents is 1. The summed E-state index contributed by atoms with van der Waals surface area (Å²) in [6.07, 6.45) is -3.36. The summed E-state index contributed by atoms with van der Waals surface area (Å²) in [5.41, 5.74) is 0.811. The Hall–Kier alpha value is -0.940. The molecule has 1 aliphatic heterocycles. The molecule has 1 unspecified atom stereocenters. The number of nitrogens with zero attached hydrogens (tertiary/aromatic N) is 1. The first kappa shape index (κ1) is 14.5. The van der Waals surface area contributed by atoms with E-state index in [0.717, 1.165) is 5.56 Å². The van der Waals surface area contributed by atoms with E-state index in [1.807, 2.05) is 0 Å².